The number of carbonyl (C=O) groups excluding carboxylic acids is 2. The molecular weight excluding hydrogens is 452 g/mol. The topological polar surface area (TPSA) is 105 Å². The van der Waals surface area contributed by atoms with E-state index >= 15 is 0 Å². The molecule has 0 unspecified atom stereocenters. The molecule has 0 saturated heterocycles. The van der Waals surface area contributed by atoms with Gasteiger partial charge in [0.2, 0.25) is 0 Å². The summed E-state index contributed by atoms with van der Waals surface area (Å²) in [5.41, 5.74) is 0.891. The molecule has 30 heavy (non-hydrogen) atoms. The first-order valence-corrected chi connectivity index (χ1v) is 9.97. The smallest absolute Gasteiger partial charge is 0.326 e. The SMILES string of the molecule is COc1ccc(/C=C(/NC(=O)c2ccccc2Br)C(=O)N[C@H](C(=O)O)C(C)C)cc1. The zero-order valence-electron chi connectivity index (χ0n) is 16.8. The highest BCUT2D eigenvalue weighted by Gasteiger charge is 2.26. The summed E-state index contributed by atoms with van der Waals surface area (Å²) in [6.45, 7) is 3.37. The quantitative estimate of drug-likeness (QED) is 0.508. The normalized spacial score (nSPS) is 12.2. The molecule has 0 fully saturated rings. The molecule has 0 spiro atoms. The van der Waals surface area contributed by atoms with Crippen molar-refractivity contribution in [3.8, 4) is 5.75 Å². The van der Waals surface area contributed by atoms with Gasteiger partial charge in [-0.15, -0.1) is 0 Å². The number of benzene rings is 2. The van der Waals surface area contributed by atoms with Gasteiger partial charge in [-0.25, -0.2) is 4.79 Å². The van der Waals surface area contributed by atoms with Crippen LogP contribution in [0.4, 0.5) is 0 Å². The van der Waals surface area contributed by atoms with E-state index in [1.165, 1.54) is 6.08 Å². The molecule has 8 heteroatoms. The summed E-state index contributed by atoms with van der Waals surface area (Å²) in [4.78, 5) is 37.0. The fourth-order valence-corrected chi connectivity index (χ4v) is 3.06. The molecule has 1 atom stereocenters. The van der Waals surface area contributed by atoms with Crippen LogP contribution in [0.5, 0.6) is 5.75 Å². The second-order valence-corrected chi connectivity index (χ2v) is 7.65. The average molecular weight is 475 g/mol. The number of ether oxygens (including phenoxy) is 1. The summed E-state index contributed by atoms with van der Waals surface area (Å²) >= 11 is 3.31. The highest BCUT2D eigenvalue weighted by atomic mass is 79.9. The van der Waals surface area contributed by atoms with Crippen LogP contribution in [0, 0.1) is 5.92 Å². The first kappa shape index (κ1) is 23.2. The lowest BCUT2D eigenvalue weighted by molar-refractivity contribution is -0.142. The zero-order valence-corrected chi connectivity index (χ0v) is 18.4. The molecular formula is C22H23BrN2O5. The van der Waals surface area contributed by atoms with Crippen molar-refractivity contribution >= 4 is 39.8 Å². The Bertz CT molecular complexity index is 954. The Kier molecular flexibility index (Phi) is 8.17. The highest BCUT2D eigenvalue weighted by Crippen LogP contribution is 2.17. The molecule has 158 valence electrons. The maximum atomic E-state index is 12.8. The minimum Gasteiger partial charge on any atom is -0.497 e. The number of halogens is 1. The van der Waals surface area contributed by atoms with Gasteiger partial charge in [0.05, 0.1) is 12.7 Å². The van der Waals surface area contributed by atoms with Crippen molar-refractivity contribution in [2.75, 3.05) is 7.11 Å². The molecule has 2 aromatic carbocycles. The number of methoxy groups -OCH3 is 1. The van der Waals surface area contributed by atoms with Crippen LogP contribution < -0.4 is 15.4 Å². The van der Waals surface area contributed by atoms with Crippen LogP contribution >= 0.6 is 15.9 Å². The number of nitrogens with one attached hydrogen (secondary N) is 2. The Labute approximate surface area is 183 Å². The predicted molar refractivity (Wildman–Crippen MR) is 117 cm³/mol. The number of amides is 2. The molecule has 0 aliphatic heterocycles. The molecule has 2 aromatic rings. The predicted octanol–water partition coefficient (Wildman–Crippen LogP) is 3.45. The second-order valence-electron chi connectivity index (χ2n) is 6.80. The molecule has 0 bridgehead atoms. The van der Waals surface area contributed by atoms with E-state index < -0.39 is 23.8 Å². The van der Waals surface area contributed by atoms with E-state index in [1.807, 2.05) is 0 Å². The van der Waals surface area contributed by atoms with Crippen LogP contribution in [0.25, 0.3) is 6.08 Å². The summed E-state index contributed by atoms with van der Waals surface area (Å²) in [5.74, 6) is -2.06. The molecule has 0 aromatic heterocycles. The third-order valence-electron chi connectivity index (χ3n) is 4.26. The van der Waals surface area contributed by atoms with Gasteiger partial charge in [0, 0.05) is 4.47 Å². The molecule has 2 amide bonds. The Hall–Kier alpha value is -3.13. The van der Waals surface area contributed by atoms with Gasteiger partial charge in [-0.1, -0.05) is 38.1 Å². The van der Waals surface area contributed by atoms with E-state index in [0.29, 0.717) is 21.3 Å². The third kappa shape index (κ3) is 6.18. The number of carboxylic acid groups (broad SMARTS) is 1. The number of carboxylic acids is 1. The number of hydrogen-bond donors (Lipinski definition) is 3. The van der Waals surface area contributed by atoms with Crippen molar-refractivity contribution in [2.45, 2.75) is 19.9 Å². The van der Waals surface area contributed by atoms with Crippen LogP contribution in [-0.4, -0.2) is 36.0 Å². The summed E-state index contributed by atoms with van der Waals surface area (Å²) in [5, 5.41) is 14.4. The zero-order chi connectivity index (χ0) is 22.3. The lowest BCUT2D eigenvalue weighted by atomic mass is 10.0. The third-order valence-corrected chi connectivity index (χ3v) is 4.95. The van der Waals surface area contributed by atoms with E-state index in [2.05, 4.69) is 26.6 Å². The number of rotatable bonds is 8. The Morgan fingerprint density at radius 3 is 2.23 bits per heavy atom. The van der Waals surface area contributed by atoms with E-state index in [0.717, 1.165) is 0 Å². The van der Waals surface area contributed by atoms with Gasteiger partial charge in [0.25, 0.3) is 11.8 Å². The van der Waals surface area contributed by atoms with Crippen molar-refractivity contribution in [3.63, 3.8) is 0 Å². The van der Waals surface area contributed by atoms with Crippen LogP contribution in [0.15, 0.2) is 58.7 Å². The van der Waals surface area contributed by atoms with Gasteiger partial charge < -0.3 is 20.5 Å². The maximum absolute atomic E-state index is 12.8. The van der Waals surface area contributed by atoms with Crippen molar-refractivity contribution < 1.29 is 24.2 Å². The van der Waals surface area contributed by atoms with Gasteiger partial charge in [-0.3, -0.25) is 9.59 Å². The summed E-state index contributed by atoms with van der Waals surface area (Å²) in [6.07, 6.45) is 1.47. The monoisotopic (exact) mass is 474 g/mol. The van der Waals surface area contributed by atoms with Crippen molar-refractivity contribution in [2.24, 2.45) is 5.92 Å². The summed E-state index contributed by atoms with van der Waals surface area (Å²) < 4.78 is 5.69. The fraction of sp³-hybridized carbons (Fsp3) is 0.227. The van der Waals surface area contributed by atoms with Crippen molar-refractivity contribution in [1.82, 2.24) is 10.6 Å². The van der Waals surface area contributed by atoms with Crippen molar-refractivity contribution in [1.29, 1.82) is 0 Å². The molecule has 0 aliphatic rings. The summed E-state index contributed by atoms with van der Waals surface area (Å²) in [7, 11) is 1.54. The van der Waals surface area contributed by atoms with Gasteiger partial charge in [0.15, 0.2) is 0 Å². The lowest BCUT2D eigenvalue weighted by Gasteiger charge is -2.19. The Morgan fingerprint density at radius 2 is 1.70 bits per heavy atom. The second kappa shape index (κ2) is 10.6. The number of carbonyl (C=O) groups is 3. The first-order chi connectivity index (χ1) is 14.2. The lowest BCUT2D eigenvalue weighted by Crippen LogP contribution is -2.47. The number of aliphatic carboxylic acids is 1. The minimum atomic E-state index is -1.15. The van der Waals surface area contributed by atoms with Crippen LogP contribution in [0.3, 0.4) is 0 Å². The van der Waals surface area contributed by atoms with Gasteiger partial charge >= 0.3 is 5.97 Å². The van der Waals surface area contributed by atoms with Gasteiger partial charge in [-0.05, 0) is 57.8 Å². The van der Waals surface area contributed by atoms with Gasteiger partial charge in [-0.2, -0.15) is 0 Å². The summed E-state index contributed by atoms with van der Waals surface area (Å²) in [6, 6.07) is 12.5. The van der Waals surface area contributed by atoms with Crippen LogP contribution in [0.1, 0.15) is 29.8 Å². The van der Waals surface area contributed by atoms with E-state index in [9.17, 15) is 19.5 Å². The molecule has 2 rings (SSSR count). The molecule has 3 N–H and O–H groups in total. The van der Waals surface area contributed by atoms with E-state index in [-0.39, 0.29) is 11.6 Å². The molecule has 0 radical (unpaired) electrons. The Balaban J connectivity index is 2.37. The molecule has 0 heterocycles. The standard InChI is InChI=1S/C22H23BrN2O5/c1-13(2)19(22(28)29)25-21(27)18(12-14-8-10-15(30-3)11-9-14)24-20(26)16-6-4-5-7-17(16)23/h4-13,19H,1-3H3,(H,24,26)(H,25,27)(H,28,29)/b18-12+/t19-/m0/s1. The molecule has 0 aliphatic carbocycles. The minimum absolute atomic E-state index is 0.0761. The van der Waals surface area contributed by atoms with E-state index in [1.54, 1.807) is 69.5 Å². The largest absolute Gasteiger partial charge is 0.497 e. The number of hydrogen-bond acceptors (Lipinski definition) is 4. The van der Waals surface area contributed by atoms with Crippen LogP contribution in [-0.2, 0) is 9.59 Å². The Morgan fingerprint density at radius 1 is 1.07 bits per heavy atom. The van der Waals surface area contributed by atoms with Crippen molar-refractivity contribution in [3.05, 3.63) is 69.8 Å². The average Bonchev–Trinajstić information content (AvgIpc) is 2.71. The fourth-order valence-electron chi connectivity index (χ4n) is 2.59. The van der Waals surface area contributed by atoms with Crippen LogP contribution in [0.2, 0.25) is 0 Å². The maximum Gasteiger partial charge on any atom is 0.326 e. The van der Waals surface area contributed by atoms with E-state index in [4.69, 9.17) is 4.74 Å². The molecule has 0 saturated carbocycles. The highest BCUT2D eigenvalue weighted by molar-refractivity contribution is 9.10. The van der Waals surface area contributed by atoms with Gasteiger partial charge in [0.1, 0.15) is 17.5 Å². The molecule has 7 nitrogen and oxygen atoms in total. The first-order valence-electron chi connectivity index (χ1n) is 9.18.